The Morgan fingerprint density at radius 1 is 0.407 bits per heavy atom. The van der Waals surface area contributed by atoms with Crippen LogP contribution in [0.3, 0.4) is 0 Å². The van der Waals surface area contributed by atoms with Gasteiger partial charge in [-0.3, -0.25) is 45.8 Å². The van der Waals surface area contributed by atoms with Gasteiger partial charge in [-0.05, 0) is 23.7 Å². The molecule has 514 valence electrons. The van der Waals surface area contributed by atoms with E-state index in [0.717, 1.165) is 0 Å². The van der Waals surface area contributed by atoms with Gasteiger partial charge in [-0.2, -0.15) is 4.67 Å². The zero-order chi connectivity index (χ0) is 63.8. The summed E-state index contributed by atoms with van der Waals surface area (Å²) in [6.07, 6.45) is -0.812. The summed E-state index contributed by atoms with van der Waals surface area (Å²) >= 11 is 0. The number of nitrogens with two attached hydrogens (primary N) is 2. The van der Waals surface area contributed by atoms with Crippen molar-refractivity contribution in [3.8, 4) is 0 Å². The van der Waals surface area contributed by atoms with Gasteiger partial charge >= 0.3 is 31.3 Å². The smallest absolute Gasteiger partial charge is 0.379 e. The van der Waals surface area contributed by atoms with Crippen LogP contribution < -0.4 is 22.1 Å². The number of hydrogen-bond acceptors (Lipinski definition) is 32. The lowest BCUT2D eigenvalue weighted by molar-refractivity contribution is -0.593. The molecule has 5 atom stereocenters. The summed E-state index contributed by atoms with van der Waals surface area (Å²) in [5.74, 6) is -1.22. The second-order valence-corrected chi connectivity index (χ2v) is 24.2. The summed E-state index contributed by atoms with van der Waals surface area (Å²) in [5.41, 5.74) is 8.94. The highest BCUT2D eigenvalue weighted by Gasteiger charge is 2.39. The van der Waals surface area contributed by atoms with Crippen LogP contribution in [-0.2, 0) is 136 Å². The van der Waals surface area contributed by atoms with E-state index >= 15 is 0 Å². The predicted octanol–water partition coefficient (Wildman–Crippen LogP) is -0.00670. The molecule has 38 nitrogen and oxygen atoms in total. The molecule has 0 aromatic rings. The van der Waals surface area contributed by atoms with Crippen molar-refractivity contribution in [1.82, 2.24) is 10.6 Å². The van der Waals surface area contributed by atoms with Gasteiger partial charge in [-0.1, -0.05) is 0 Å². The first-order chi connectivity index (χ1) is 41.3. The van der Waals surface area contributed by atoms with Crippen molar-refractivity contribution >= 4 is 51.3 Å². The molecule has 0 bridgehead atoms. The van der Waals surface area contributed by atoms with Gasteiger partial charge in [0.15, 0.2) is 0 Å². The van der Waals surface area contributed by atoms with Crippen molar-refractivity contribution in [1.29, 1.82) is 0 Å². The molecular weight excluding hydrogens is 1270 g/mol. The molecule has 86 heavy (non-hydrogen) atoms. The van der Waals surface area contributed by atoms with Crippen LogP contribution in [0.1, 0.15) is 19.8 Å². The number of nitrogens with one attached hydrogen (secondary N) is 2. The molecule has 0 aromatic heterocycles. The van der Waals surface area contributed by atoms with Crippen LogP contribution in [0.15, 0.2) is 0 Å². The molecule has 5 unspecified atom stereocenters. The lowest BCUT2D eigenvalue weighted by Gasteiger charge is -2.34. The van der Waals surface area contributed by atoms with Crippen LogP contribution in [0.4, 0.5) is 0 Å². The van der Waals surface area contributed by atoms with Crippen LogP contribution in [-0.4, -0.2) is 281 Å². The Morgan fingerprint density at radius 2 is 0.674 bits per heavy atom. The average molecular weight is 1370 g/mol. The minimum absolute atomic E-state index is 0.00330. The molecule has 0 heterocycles. The van der Waals surface area contributed by atoms with E-state index < -0.39 is 103 Å². The maximum atomic E-state index is 13.3. The largest absolute Gasteiger partial charge is 0.472 e. The number of rotatable bonds is 68. The standard InChI is InChI=1S/C43H93N4O34P5/c1-3-71-83(51,52)72-32-28-67-24-25-68-29-33-73-84(53,54)76-38-43(36-46-41(48)4-8-59-12-16-63-20-22-65-18-14-61-10-6-44,37-47-42(49)5-9-60-13-17-64-21-23-66-19-15-62-11-7-45)39-77-85(55,56)74-34-30-69-26-27-70-31-35-75-86(57,58)78-40-82(2)81-80-79-50/h50H,3-40,44-45H2,1-2H3,(H,46,48)(H,47,49)(H,51,52)(H,53,54)(H,55,56)(H,57,58). The fourth-order valence-electron chi connectivity index (χ4n) is 5.56. The van der Waals surface area contributed by atoms with Gasteiger partial charge in [0.2, 0.25) is 11.8 Å². The van der Waals surface area contributed by atoms with Crippen molar-refractivity contribution in [2.24, 2.45) is 16.9 Å². The van der Waals surface area contributed by atoms with Crippen molar-refractivity contribution < 1.29 is 160 Å². The third-order valence-corrected chi connectivity index (χ3v) is 14.6. The van der Waals surface area contributed by atoms with Crippen LogP contribution in [0, 0.1) is 5.41 Å². The summed E-state index contributed by atoms with van der Waals surface area (Å²) in [6.45, 7) is 2.51. The van der Waals surface area contributed by atoms with Crippen molar-refractivity contribution in [3.63, 3.8) is 0 Å². The summed E-state index contributed by atoms with van der Waals surface area (Å²) in [4.78, 5) is 67.1. The Hall–Kier alpha value is -0.910. The number of phosphoric ester groups is 4. The minimum atomic E-state index is -5.01. The van der Waals surface area contributed by atoms with E-state index in [1.54, 1.807) is 0 Å². The molecule has 0 aromatic carbocycles. The normalized spacial score (nSPS) is 15.2. The molecule has 0 radical (unpaired) electrons. The second kappa shape index (κ2) is 56.8. The van der Waals surface area contributed by atoms with Crippen LogP contribution in [0.25, 0.3) is 0 Å². The second-order valence-electron chi connectivity index (χ2n) is 16.8. The maximum Gasteiger partial charge on any atom is 0.472 e. The third kappa shape index (κ3) is 57.0. The van der Waals surface area contributed by atoms with E-state index in [0.29, 0.717) is 65.9 Å². The van der Waals surface area contributed by atoms with Gasteiger partial charge in [0, 0.05) is 39.0 Å². The molecule has 0 saturated carbocycles. The highest BCUT2D eigenvalue weighted by atomic mass is 31.2. The Kier molecular flexibility index (Phi) is 56.2. The van der Waals surface area contributed by atoms with Crippen LogP contribution in [0.5, 0.6) is 0 Å². The number of carbonyl (C=O) groups is 2. The molecule has 0 saturated heterocycles. The quantitative estimate of drug-likeness (QED) is 0.0167. The Labute approximate surface area is 501 Å². The van der Waals surface area contributed by atoms with E-state index in [1.165, 1.54) is 13.6 Å². The number of carbonyl (C=O) groups excluding carboxylic acids is 2. The first-order valence-electron chi connectivity index (χ1n) is 27.0. The molecule has 11 N–H and O–H groups in total. The van der Waals surface area contributed by atoms with Gasteiger partial charge in [-0.25, -0.2) is 23.5 Å². The number of amides is 2. The molecule has 0 fully saturated rings. The van der Waals surface area contributed by atoms with Crippen LogP contribution >= 0.6 is 39.4 Å². The summed E-state index contributed by atoms with van der Waals surface area (Å²) < 4.78 is 159. The van der Waals surface area contributed by atoms with E-state index in [2.05, 4.69) is 29.9 Å². The van der Waals surface area contributed by atoms with Crippen molar-refractivity contribution in [2.75, 3.05) is 244 Å². The summed E-state index contributed by atoms with van der Waals surface area (Å²) in [5, 5.41) is 20.5. The SMILES string of the molecule is CCOP(=O)(O)OCCOCCOCCOP(=O)(O)OCC(CNC(=O)CCOCCOCCOCCOCCN)(CNC(=O)CCOCCOCCOCCOCCN)COP(=O)(O)OCCOCCOCCOP(=O)(O)OCP(C)OOOO. The van der Waals surface area contributed by atoms with Gasteiger partial charge in [0.1, 0.15) is 6.35 Å². The summed E-state index contributed by atoms with van der Waals surface area (Å²) in [7, 11) is -20.3. The highest BCUT2D eigenvalue weighted by molar-refractivity contribution is 7.53. The first kappa shape index (κ1) is 85.1. The first-order valence-corrected chi connectivity index (χ1v) is 34.8. The van der Waals surface area contributed by atoms with Crippen molar-refractivity contribution in [3.05, 3.63) is 0 Å². The van der Waals surface area contributed by atoms with E-state index in [4.69, 9.17) is 105 Å². The topological polar surface area (TPSA) is 492 Å². The Balaban J connectivity index is 5.75. The van der Waals surface area contributed by atoms with Crippen LogP contribution in [0.2, 0.25) is 0 Å². The zero-order valence-corrected chi connectivity index (χ0v) is 53.3. The van der Waals surface area contributed by atoms with E-state index in [1.807, 2.05) is 0 Å². The van der Waals surface area contributed by atoms with Gasteiger partial charge in [-0.15, -0.1) is 0 Å². The average Bonchev–Trinajstić information content (AvgIpc) is 2.44. The van der Waals surface area contributed by atoms with Gasteiger partial charge in [0.25, 0.3) is 0 Å². The molecule has 2 amide bonds. The molecule has 43 heteroatoms. The van der Waals surface area contributed by atoms with Gasteiger partial charge in [0.05, 0.1) is 218 Å². The Morgan fingerprint density at radius 3 is 0.965 bits per heavy atom. The molecule has 0 spiro atoms. The predicted molar refractivity (Wildman–Crippen MR) is 297 cm³/mol. The fraction of sp³-hybridized carbons (Fsp3) is 0.953. The fourth-order valence-corrected chi connectivity index (χ4v) is 9.69. The van der Waals surface area contributed by atoms with Crippen molar-refractivity contribution in [2.45, 2.75) is 19.8 Å². The zero-order valence-electron chi connectivity index (χ0n) is 48.8. The van der Waals surface area contributed by atoms with E-state index in [-0.39, 0.29) is 138 Å². The number of hydrogen-bond donors (Lipinski definition) is 9. The third-order valence-electron chi connectivity index (χ3n) is 9.65. The molecule has 0 rings (SSSR count). The van der Waals surface area contributed by atoms with E-state index in [9.17, 15) is 47.4 Å². The molecular formula is C43H93N4O34P5. The Bertz CT molecular complexity index is 1770. The monoisotopic (exact) mass is 1360 g/mol. The lowest BCUT2D eigenvalue weighted by atomic mass is 9.89. The number of ether oxygens (including phenoxy) is 12. The maximum absolute atomic E-state index is 13.3. The molecule has 0 aliphatic heterocycles. The lowest BCUT2D eigenvalue weighted by Crippen LogP contribution is -2.51. The highest BCUT2D eigenvalue weighted by Crippen LogP contribution is 2.49. The number of phosphoric acid groups is 4. The molecule has 0 aliphatic rings. The summed E-state index contributed by atoms with van der Waals surface area (Å²) in [6, 6.07) is 0. The van der Waals surface area contributed by atoms with Gasteiger partial charge < -0.3 is 98.5 Å². The molecule has 0 aliphatic carbocycles. The minimum Gasteiger partial charge on any atom is -0.379 e.